The Morgan fingerprint density at radius 2 is 1.64 bits per heavy atom. The van der Waals surface area contributed by atoms with Crippen LogP contribution < -0.4 is 0 Å². The minimum absolute atomic E-state index is 0.0655. The van der Waals surface area contributed by atoms with Gasteiger partial charge in [-0.1, -0.05) is 63.8 Å². The zero-order valence-corrected chi connectivity index (χ0v) is 23.8. The van der Waals surface area contributed by atoms with E-state index in [0.717, 1.165) is 36.9 Å². The summed E-state index contributed by atoms with van der Waals surface area (Å²) in [6, 6.07) is 12.6. The zero-order chi connectivity index (χ0) is 25.7. The molecule has 2 aliphatic heterocycles. The molecule has 2 heterocycles. The maximum Gasteiger partial charge on any atom is 0.248 e. The maximum atomic E-state index is 13.4. The van der Waals surface area contributed by atoms with Crippen LogP contribution in [0.4, 0.5) is 0 Å². The van der Waals surface area contributed by atoms with Crippen molar-refractivity contribution in [1.82, 2.24) is 14.1 Å². The minimum atomic E-state index is -3.89. The summed E-state index contributed by atoms with van der Waals surface area (Å²) in [6.07, 6.45) is 2.30. The highest BCUT2D eigenvalue weighted by atomic mass is 79.9. The van der Waals surface area contributed by atoms with E-state index in [1.165, 1.54) is 22.0 Å². The lowest BCUT2D eigenvalue weighted by Crippen LogP contribution is -2.50. The van der Waals surface area contributed by atoms with Crippen molar-refractivity contribution in [2.45, 2.75) is 36.7 Å². The molecule has 2 fully saturated rings. The average Bonchev–Trinajstić information content (AvgIpc) is 2.86. The number of amides is 1. The van der Waals surface area contributed by atoms with Crippen LogP contribution in [0.3, 0.4) is 0 Å². The number of hydrogen-bond donors (Lipinski definition) is 0. The summed E-state index contributed by atoms with van der Waals surface area (Å²) >= 11 is 15.9. The summed E-state index contributed by atoms with van der Waals surface area (Å²) in [5.74, 6) is -0.0716. The third-order valence-electron chi connectivity index (χ3n) is 6.64. The minimum Gasteiger partial charge on any atom is -0.370 e. The van der Waals surface area contributed by atoms with E-state index in [1.807, 2.05) is 17.0 Å². The largest absolute Gasteiger partial charge is 0.370 e. The Kier molecular flexibility index (Phi) is 9.71. The second-order valence-corrected chi connectivity index (χ2v) is 12.7. The number of piperidine rings is 1. The first kappa shape index (κ1) is 27.8. The number of carbonyl (C=O) groups is 1. The van der Waals surface area contributed by atoms with Gasteiger partial charge in [-0.3, -0.25) is 9.69 Å². The molecule has 0 N–H and O–H groups in total. The quantitative estimate of drug-likeness (QED) is 0.430. The summed E-state index contributed by atoms with van der Waals surface area (Å²) < 4.78 is 35.0. The van der Waals surface area contributed by atoms with E-state index < -0.39 is 10.0 Å². The van der Waals surface area contributed by atoms with Gasteiger partial charge < -0.3 is 9.64 Å². The van der Waals surface area contributed by atoms with E-state index in [2.05, 4.69) is 33.0 Å². The molecule has 4 rings (SSSR count). The van der Waals surface area contributed by atoms with Gasteiger partial charge in [0.2, 0.25) is 15.9 Å². The van der Waals surface area contributed by atoms with Crippen LogP contribution in [0.1, 0.15) is 24.8 Å². The van der Waals surface area contributed by atoms with Gasteiger partial charge in [0.1, 0.15) is 11.5 Å². The van der Waals surface area contributed by atoms with Crippen molar-refractivity contribution < 1.29 is 17.9 Å². The lowest BCUT2D eigenvalue weighted by Gasteiger charge is -2.36. The maximum absolute atomic E-state index is 13.4. The highest BCUT2D eigenvalue weighted by Gasteiger charge is 2.36. The molecule has 0 spiro atoms. The summed E-state index contributed by atoms with van der Waals surface area (Å²) in [6.45, 7) is 4.20. The van der Waals surface area contributed by atoms with E-state index in [1.54, 1.807) is 6.07 Å². The lowest BCUT2D eigenvalue weighted by atomic mass is 10.1. The standard InChI is InChI=1S/C25H30BrCl2N3O4S/c26-20-9-7-19(8-10-20)16-29-12-14-30(15-13-29)24(32)18-35-17-21-4-1-2-11-31(21)36(33,34)25-22(27)5-3-6-23(25)28/h3,5-10,21H,1-2,4,11-18H2. The monoisotopic (exact) mass is 617 g/mol. The van der Waals surface area contributed by atoms with Gasteiger partial charge in [-0.15, -0.1) is 0 Å². The van der Waals surface area contributed by atoms with Crippen molar-refractivity contribution in [3.8, 4) is 0 Å². The molecular weight excluding hydrogens is 589 g/mol. The summed E-state index contributed by atoms with van der Waals surface area (Å²) in [5.41, 5.74) is 1.24. The van der Waals surface area contributed by atoms with Crippen molar-refractivity contribution in [3.63, 3.8) is 0 Å². The van der Waals surface area contributed by atoms with Crippen molar-refractivity contribution in [2.24, 2.45) is 0 Å². The Morgan fingerprint density at radius 1 is 0.972 bits per heavy atom. The van der Waals surface area contributed by atoms with Gasteiger partial charge in [0.05, 0.1) is 16.7 Å². The first-order valence-electron chi connectivity index (χ1n) is 12.0. The second kappa shape index (κ2) is 12.6. The van der Waals surface area contributed by atoms with E-state index in [9.17, 15) is 13.2 Å². The molecule has 2 aliphatic rings. The van der Waals surface area contributed by atoms with E-state index in [-0.39, 0.29) is 40.1 Å². The number of rotatable bonds is 8. The van der Waals surface area contributed by atoms with Gasteiger partial charge in [0.25, 0.3) is 0 Å². The predicted molar refractivity (Wildman–Crippen MR) is 145 cm³/mol. The molecule has 2 saturated heterocycles. The lowest BCUT2D eigenvalue weighted by molar-refractivity contribution is -0.138. The van der Waals surface area contributed by atoms with Crippen LogP contribution in [0.25, 0.3) is 0 Å². The third-order valence-corrected chi connectivity index (χ3v) is 10.1. The fraction of sp³-hybridized carbons (Fsp3) is 0.480. The highest BCUT2D eigenvalue weighted by Crippen LogP contribution is 2.34. The second-order valence-electron chi connectivity index (χ2n) is 9.11. The Hall–Kier alpha value is -1.20. The molecular formula is C25H30BrCl2N3O4S. The topological polar surface area (TPSA) is 70.2 Å². The van der Waals surface area contributed by atoms with Crippen LogP contribution in [0.15, 0.2) is 51.8 Å². The smallest absolute Gasteiger partial charge is 0.248 e. The Bertz CT molecular complexity index is 1140. The molecule has 0 bridgehead atoms. The number of piperazine rings is 1. The first-order valence-corrected chi connectivity index (χ1v) is 15.0. The first-order chi connectivity index (χ1) is 17.3. The molecule has 0 aromatic heterocycles. The Balaban J connectivity index is 1.27. The Labute approximate surface area is 231 Å². The van der Waals surface area contributed by atoms with Crippen LogP contribution in [0.5, 0.6) is 0 Å². The number of ether oxygens (including phenoxy) is 1. The molecule has 2 aromatic carbocycles. The molecule has 196 valence electrons. The molecule has 7 nitrogen and oxygen atoms in total. The average molecular weight is 619 g/mol. The van der Waals surface area contributed by atoms with E-state index in [4.69, 9.17) is 27.9 Å². The summed E-state index contributed by atoms with van der Waals surface area (Å²) in [5, 5.41) is 0.199. The van der Waals surface area contributed by atoms with Crippen LogP contribution in [0, 0.1) is 0 Å². The summed E-state index contributed by atoms with van der Waals surface area (Å²) in [4.78, 5) is 16.8. The van der Waals surface area contributed by atoms with Crippen LogP contribution in [0.2, 0.25) is 10.0 Å². The van der Waals surface area contributed by atoms with E-state index in [0.29, 0.717) is 26.1 Å². The highest BCUT2D eigenvalue weighted by molar-refractivity contribution is 9.10. The molecule has 0 radical (unpaired) electrons. The van der Waals surface area contributed by atoms with Gasteiger partial charge in [0, 0.05) is 49.8 Å². The fourth-order valence-electron chi connectivity index (χ4n) is 4.68. The Morgan fingerprint density at radius 3 is 2.31 bits per heavy atom. The molecule has 11 heteroatoms. The number of carbonyl (C=O) groups excluding carboxylic acids is 1. The third kappa shape index (κ3) is 6.81. The number of benzene rings is 2. The fourth-order valence-corrected chi connectivity index (χ4v) is 7.72. The van der Waals surface area contributed by atoms with Crippen molar-refractivity contribution in [1.29, 1.82) is 0 Å². The molecule has 1 amide bonds. The number of halogens is 3. The number of nitrogens with zero attached hydrogens (tertiary/aromatic N) is 3. The van der Waals surface area contributed by atoms with Crippen LogP contribution in [-0.4, -0.2) is 80.4 Å². The van der Waals surface area contributed by atoms with Gasteiger partial charge in [-0.2, -0.15) is 4.31 Å². The number of hydrogen-bond acceptors (Lipinski definition) is 5. The normalized spacial score (nSPS) is 20.0. The molecule has 0 saturated carbocycles. The van der Waals surface area contributed by atoms with Crippen LogP contribution in [-0.2, 0) is 26.1 Å². The van der Waals surface area contributed by atoms with Gasteiger partial charge in [-0.05, 0) is 42.7 Å². The SMILES string of the molecule is O=C(COCC1CCCCN1S(=O)(=O)c1c(Cl)cccc1Cl)N1CCN(Cc2ccc(Br)cc2)CC1. The van der Waals surface area contributed by atoms with Crippen molar-refractivity contribution in [2.75, 3.05) is 45.9 Å². The molecule has 1 atom stereocenters. The van der Waals surface area contributed by atoms with Gasteiger partial charge >= 0.3 is 0 Å². The molecule has 36 heavy (non-hydrogen) atoms. The molecule has 0 aliphatic carbocycles. The van der Waals surface area contributed by atoms with Gasteiger partial charge in [-0.25, -0.2) is 8.42 Å². The molecule has 2 aromatic rings. The predicted octanol–water partition coefficient (Wildman–Crippen LogP) is 4.66. The van der Waals surface area contributed by atoms with Crippen molar-refractivity contribution >= 4 is 55.1 Å². The van der Waals surface area contributed by atoms with Crippen molar-refractivity contribution in [3.05, 3.63) is 62.5 Å². The van der Waals surface area contributed by atoms with Crippen LogP contribution >= 0.6 is 39.1 Å². The zero-order valence-electron chi connectivity index (χ0n) is 19.9. The van der Waals surface area contributed by atoms with E-state index >= 15 is 0 Å². The van der Waals surface area contributed by atoms with Gasteiger partial charge in [0.15, 0.2) is 0 Å². The summed E-state index contributed by atoms with van der Waals surface area (Å²) in [7, 11) is -3.89. The molecule has 1 unspecified atom stereocenters. The number of sulfonamides is 1.